The van der Waals surface area contributed by atoms with Crippen LogP contribution in [0.25, 0.3) is 6.08 Å². The van der Waals surface area contributed by atoms with Gasteiger partial charge >= 0.3 is 5.97 Å². The summed E-state index contributed by atoms with van der Waals surface area (Å²) in [5, 5.41) is 10.3. The summed E-state index contributed by atoms with van der Waals surface area (Å²) < 4.78 is 26.2. The van der Waals surface area contributed by atoms with Crippen molar-refractivity contribution in [2.45, 2.75) is 11.6 Å². The Kier molecular flexibility index (Phi) is 4.32. The van der Waals surface area contributed by atoms with Crippen LogP contribution in [0.2, 0.25) is 0 Å². The van der Waals surface area contributed by atoms with Crippen molar-refractivity contribution in [3.63, 3.8) is 0 Å². The molecule has 9 heteroatoms. The molecular formula is C11H11N3O4S2. The zero-order valence-electron chi connectivity index (χ0n) is 10.1. The van der Waals surface area contributed by atoms with E-state index in [2.05, 4.69) is 14.7 Å². The Morgan fingerprint density at radius 2 is 2.35 bits per heavy atom. The number of hydrogen-bond acceptors (Lipinski definition) is 5. The SMILES string of the molecule is O=C(O)/C=C/c1ccsc1CNS(=O)(=O)c1cnc[nH]1. The summed E-state index contributed by atoms with van der Waals surface area (Å²) in [5.74, 6) is -1.06. The zero-order chi connectivity index (χ0) is 14.6. The van der Waals surface area contributed by atoms with E-state index in [1.54, 1.807) is 11.4 Å². The van der Waals surface area contributed by atoms with Gasteiger partial charge in [0.15, 0.2) is 5.03 Å². The van der Waals surface area contributed by atoms with E-state index < -0.39 is 16.0 Å². The van der Waals surface area contributed by atoms with Crippen molar-refractivity contribution in [1.29, 1.82) is 0 Å². The Balaban J connectivity index is 2.09. The third-order valence-electron chi connectivity index (χ3n) is 2.37. The van der Waals surface area contributed by atoms with Gasteiger partial charge in [-0.2, -0.15) is 0 Å². The molecule has 0 amide bonds. The first-order valence-electron chi connectivity index (χ1n) is 5.44. The lowest BCUT2D eigenvalue weighted by Crippen LogP contribution is -2.23. The molecule has 0 atom stereocenters. The van der Waals surface area contributed by atoms with Gasteiger partial charge in [-0.3, -0.25) is 0 Å². The standard InChI is InChI=1S/C11H11N3O4S2/c15-11(16)2-1-8-3-4-19-9(8)5-14-20(17,18)10-6-12-7-13-10/h1-4,6-7,14H,5H2,(H,12,13)(H,15,16)/b2-1+. The fourth-order valence-corrected chi connectivity index (χ4v) is 3.23. The van der Waals surface area contributed by atoms with Gasteiger partial charge in [-0.1, -0.05) is 0 Å². The van der Waals surface area contributed by atoms with Crippen molar-refractivity contribution in [2.24, 2.45) is 0 Å². The monoisotopic (exact) mass is 313 g/mol. The van der Waals surface area contributed by atoms with Crippen LogP contribution in [-0.4, -0.2) is 29.5 Å². The predicted molar refractivity (Wildman–Crippen MR) is 73.6 cm³/mol. The summed E-state index contributed by atoms with van der Waals surface area (Å²) in [4.78, 5) is 17.4. The van der Waals surface area contributed by atoms with Gasteiger partial charge in [-0.25, -0.2) is 22.9 Å². The normalized spacial score (nSPS) is 12.0. The molecule has 0 radical (unpaired) electrons. The Labute approximate surface area is 119 Å². The molecule has 0 bridgehead atoms. The summed E-state index contributed by atoms with van der Waals surface area (Å²) in [6, 6.07) is 1.73. The number of H-pyrrole nitrogens is 1. The second-order valence-electron chi connectivity index (χ2n) is 3.71. The smallest absolute Gasteiger partial charge is 0.328 e. The molecular weight excluding hydrogens is 302 g/mol. The molecule has 2 aromatic rings. The van der Waals surface area contributed by atoms with Crippen LogP contribution in [0, 0.1) is 0 Å². The summed E-state index contributed by atoms with van der Waals surface area (Å²) in [6.07, 6.45) is 4.93. The first kappa shape index (κ1) is 14.4. The first-order chi connectivity index (χ1) is 9.49. The number of imidazole rings is 1. The third kappa shape index (κ3) is 3.53. The Morgan fingerprint density at radius 3 is 3.00 bits per heavy atom. The lowest BCUT2D eigenvalue weighted by atomic mass is 10.2. The quantitative estimate of drug-likeness (QED) is 0.690. The molecule has 0 saturated carbocycles. The maximum Gasteiger partial charge on any atom is 0.328 e. The first-order valence-corrected chi connectivity index (χ1v) is 7.81. The number of aromatic nitrogens is 2. The second-order valence-corrected chi connectivity index (χ2v) is 6.45. The van der Waals surface area contributed by atoms with E-state index in [1.165, 1.54) is 29.9 Å². The molecule has 0 saturated heterocycles. The minimum absolute atomic E-state index is 0.0170. The number of carboxylic acids is 1. The van der Waals surface area contributed by atoms with Crippen LogP contribution in [0.15, 0.2) is 35.1 Å². The molecule has 106 valence electrons. The van der Waals surface area contributed by atoms with Gasteiger partial charge in [-0.15, -0.1) is 11.3 Å². The number of sulfonamides is 1. The molecule has 0 aliphatic carbocycles. The number of nitrogens with one attached hydrogen (secondary N) is 2. The summed E-state index contributed by atoms with van der Waals surface area (Å²) in [5.41, 5.74) is 0.671. The molecule has 0 unspecified atom stereocenters. The number of carbonyl (C=O) groups is 1. The number of rotatable bonds is 6. The van der Waals surface area contributed by atoms with E-state index >= 15 is 0 Å². The largest absolute Gasteiger partial charge is 0.478 e. The highest BCUT2D eigenvalue weighted by atomic mass is 32.2. The molecule has 2 heterocycles. The number of nitrogens with zero attached hydrogens (tertiary/aromatic N) is 1. The van der Waals surface area contributed by atoms with E-state index in [4.69, 9.17) is 5.11 Å². The zero-order valence-corrected chi connectivity index (χ0v) is 11.7. The van der Waals surface area contributed by atoms with Gasteiger partial charge < -0.3 is 10.1 Å². The predicted octanol–water partition coefficient (Wildman–Crippen LogP) is 1.05. The molecule has 3 N–H and O–H groups in total. The fraction of sp³-hybridized carbons (Fsp3) is 0.0909. The molecule has 7 nitrogen and oxygen atoms in total. The van der Waals surface area contributed by atoms with Gasteiger partial charge in [0.25, 0.3) is 10.0 Å². The molecule has 2 rings (SSSR count). The van der Waals surface area contributed by atoms with Crippen molar-refractivity contribution in [2.75, 3.05) is 0 Å². The topological polar surface area (TPSA) is 112 Å². The summed E-state index contributed by atoms with van der Waals surface area (Å²) in [7, 11) is -3.64. The highest BCUT2D eigenvalue weighted by Crippen LogP contribution is 2.19. The van der Waals surface area contributed by atoms with Gasteiger partial charge in [0.1, 0.15) is 0 Å². The molecule has 0 spiro atoms. The summed E-state index contributed by atoms with van der Waals surface area (Å²) >= 11 is 1.34. The van der Waals surface area contributed by atoms with Crippen molar-refractivity contribution >= 4 is 33.4 Å². The van der Waals surface area contributed by atoms with E-state index in [1.807, 2.05) is 0 Å². The molecule has 0 aromatic carbocycles. The number of hydrogen-bond donors (Lipinski definition) is 3. The van der Waals surface area contributed by atoms with Crippen LogP contribution >= 0.6 is 11.3 Å². The van der Waals surface area contributed by atoms with Crippen LogP contribution in [0.4, 0.5) is 0 Å². The maximum absolute atomic E-state index is 11.9. The number of thiophene rings is 1. The van der Waals surface area contributed by atoms with Crippen molar-refractivity contribution in [3.05, 3.63) is 40.5 Å². The van der Waals surface area contributed by atoms with Gasteiger partial charge in [0, 0.05) is 17.5 Å². The van der Waals surface area contributed by atoms with Crippen molar-refractivity contribution in [1.82, 2.24) is 14.7 Å². The average molecular weight is 313 g/mol. The Hall–Kier alpha value is -1.97. The lowest BCUT2D eigenvalue weighted by Gasteiger charge is -2.04. The minimum atomic E-state index is -3.64. The van der Waals surface area contributed by atoms with Crippen LogP contribution < -0.4 is 4.72 Å². The van der Waals surface area contributed by atoms with Crippen molar-refractivity contribution in [3.8, 4) is 0 Å². The van der Waals surface area contributed by atoms with Crippen LogP contribution in [-0.2, 0) is 21.4 Å². The fourth-order valence-electron chi connectivity index (χ4n) is 1.43. The Bertz CT molecular complexity index is 717. The van der Waals surface area contributed by atoms with E-state index in [0.29, 0.717) is 5.56 Å². The van der Waals surface area contributed by atoms with E-state index in [0.717, 1.165) is 11.0 Å². The van der Waals surface area contributed by atoms with Gasteiger partial charge in [0.2, 0.25) is 0 Å². The highest BCUT2D eigenvalue weighted by molar-refractivity contribution is 7.89. The van der Waals surface area contributed by atoms with Crippen LogP contribution in [0.5, 0.6) is 0 Å². The van der Waals surface area contributed by atoms with Gasteiger partial charge in [0.05, 0.1) is 12.5 Å². The van der Waals surface area contributed by atoms with E-state index in [9.17, 15) is 13.2 Å². The lowest BCUT2D eigenvalue weighted by molar-refractivity contribution is -0.131. The molecule has 0 aliphatic heterocycles. The van der Waals surface area contributed by atoms with Crippen LogP contribution in [0.1, 0.15) is 10.4 Å². The highest BCUT2D eigenvalue weighted by Gasteiger charge is 2.15. The Morgan fingerprint density at radius 1 is 1.55 bits per heavy atom. The minimum Gasteiger partial charge on any atom is -0.478 e. The maximum atomic E-state index is 11.9. The number of aromatic amines is 1. The second kappa shape index (κ2) is 5.99. The van der Waals surface area contributed by atoms with Gasteiger partial charge in [-0.05, 0) is 23.1 Å². The molecule has 20 heavy (non-hydrogen) atoms. The molecule has 0 fully saturated rings. The molecule has 2 aromatic heterocycles. The molecule has 0 aliphatic rings. The average Bonchev–Trinajstić information content (AvgIpc) is 3.05. The number of carboxylic acid groups (broad SMARTS) is 1. The van der Waals surface area contributed by atoms with E-state index in [-0.39, 0.29) is 11.6 Å². The summed E-state index contributed by atoms with van der Waals surface area (Å²) in [6.45, 7) is 0.0817. The van der Waals surface area contributed by atoms with Crippen LogP contribution in [0.3, 0.4) is 0 Å². The van der Waals surface area contributed by atoms with Crippen molar-refractivity contribution < 1.29 is 18.3 Å². The third-order valence-corrected chi connectivity index (χ3v) is 4.63. The number of aliphatic carboxylic acids is 1.